The van der Waals surface area contributed by atoms with Crippen molar-refractivity contribution in [3.8, 4) is 0 Å². The van der Waals surface area contributed by atoms with E-state index >= 15 is 0 Å². The first kappa shape index (κ1) is 19.4. The molecule has 2 rings (SSSR count). The van der Waals surface area contributed by atoms with Gasteiger partial charge in [-0.3, -0.25) is 9.59 Å². The summed E-state index contributed by atoms with van der Waals surface area (Å²) in [5.41, 5.74) is 0.479. The van der Waals surface area contributed by atoms with Gasteiger partial charge >= 0.3 is 5.97 Å². The lowest BCUT2D eigenvalue weighted by atomic mass is 10.0. The number of hydrogen-bond acceptors (Lipinski definition) is 4. The van der Waals surface area contributed by atoms with Crippen LogP contribution in [-0.2, 0) is 14.3 Å². The van der Waals surface area contributed by atoms with Gasteiger partial charge in [0.05, 0.1) is 7.11 Å². The highest BCUT2D eigenvalue weighted by Gasteiger charge is 2.39. The Balaban J connectivity index is 2.14. The average Bonchev–Trinajstić information content (AvgIpc) is 3.08. The highest BCUT2D eigenvalue weighted by molar-refractivity contribution is 9.10. The molecule has 2 atom stereocenters. The van der Waals surface area contributed by atoms with Gasteiger partial charge in [-0.2, -0.15) is 0 Å². The van der Waals surface area contributed by atoms with Crippen LogP contribution in [0.1, 0.15) is 37.0 Å². The monoisotopic (exact) mass is 410 g/mol. The Labute approximate surface area is 156 Å². The minimum Gasteiger partial charge on any atom is -0.467 e. The van der Waals surface area contributed by atoms with Crippen molar-refractivity contribution in [1.29, 1.82) is 0 Å². The molecular formula is C18H23BrN2O4. The summed E-state index contributed by atoms with van der Waals surface area (Å²) in [5, 5.41) is 2.81. The first-order valence-electron chi connectivity index (χ1n) is 8.30. The number of carbonyl (C=O) groups is 3. The van der Waals surface area contributed by atoms with Crippen LogP contribution in [0.25, 0.3) is 0 Å². The Morgan fingerprint density at radius 1 is 1.24 bits per heavy atom. The maximum absolute atomic E-state index is 12.9. The Kier molecular flexibility index (Phi) is 6.58. The Morgan fingerprint density at radius 2 is 1.88 bits per heavy atom. The van der Waals surface area contributed by atoms with Crippen LogP contribution in [0.3, 0.4) is 0 Å². The molecule has 1 unspecified atom stereocenters. The minimum absolute atomic E-state index is 0.106. The predicted octanol–water partition coefficient (Wildman–Crippen LogP) is 2.37. The Morgan fingerprint density at radius 3 is 2.44 bits per heavy atom. The summed E-state index contributed by atoms with van der Waals surface area (Å²) in [5.74, 6) is -1.07. The van der Waals surface area contributed by atoms with Crippen molar-refractivity contribution in [3.63, 3.8) is 0 Å². The number of likely N-dealkylation sites (tertiary alicyclic amines) is 1. The van der Waals surface area contributed by atoms with E-state index in [0.717, 1.165) is 10.9 Å². The van der Waals surface area contributed by atoms with Gasteiger partial charge in [0.1, 0.15) is 12.1 Å². The molecule has 1 aliphatic rings. The molecule has 1 aliphatic heterocycles. The maximum Gasteiger partial charge on any atom is 0.328 e. The third-order valence-corrected chi connectivity index (χ3v) is 4.86. The molecule has 136 valence electrons. The van der Waals surface area contributed by atoms with E-state index in [2.05, 4.69) is 21.2 Å². The van der Waals surface area contributed by atoms with Gasteiger partial charge in [0, 0.05) is 16.6 Å². The minimum atomic E-state index is -0.693. The maximum atomic E-state index is 12.9. The smallest absolute Gasteiger partial charge is 0.328 e. The lowest BCUT2D eigenvalue weighted by Gasteiger charge is -2.29. The second-order valence-electron chi connectivity index (χ2n) is 6.41. The molecule has 0 aliphatic carbocycles. The van der Waals surface area contributed by atoms with Gasteiger partial charge in [0.25, 0.3) is 5.91 Å². The molecule has 1 saturated heterocycles. The van der Waals surface area contributed by atoms with Crippen molar-refractivity contribution in [2.45, 2.75) is 38.8 Å². The lowest BCUT2D eigenvalue weighted by molar-refractivity contribution is -0.151. The zero-order chi connectivity index (χ0) is 18.6. The molecule has 0 aromatic heterocycles. The first-order valence-corrected chi connectivity index (χ1v) is 9.09. The SMILES string of the molecule is COC(=O)[C@@H]1CCCN1C(=O)C(NC(=O)c1ccc(Br)cc1)C(C)C. The summed E-state index contributed by atoms with van der Waals surface area (Å²) in [4.78, 5) is 38.8. The van der Waals surface area contributed by atoms with Crippen molar-refractivity contribution >= 4 is 33.7 Å². The third kappa shape index (κ3) is 4.60. The van der Waals surface area contributed by atoms with E-state index < -0.39 is 18.1 Å². The van der Waals surface area contributed by atoms with Crippen LogP contribution in [0.2, 0.25) is 0 Å². The van der Waals surface area contributed by atoms with Crippen LogP contribution < -0.4 is 5.32 Å². The quantitative estimate of drug-likeness (QED) is 0.755. The van der Waals surface area contributed by atoms with Crippen LogP contribution in [0.5, 0.6) is 0 Å². The van der Waals surface area contributed by atoms with E-state index in [1.807, 2.05) is 13.8 Å². The molecule has 2 amide bonds. The summed E-state index contributed by atoms with van der Waals surface area (Å²) < 4.78 is 5.67. The second kappa shape index (κ2) is 8.47. The van der Waals surface area contributed by atoms with E-state index in [0.29, 0.717) is 18.5 Å². The van der Waals surface area contributed by atoms with Crippen molar-refractivity contribution in [2.24, 2.45) is 5.92 Å². The van der Waals surface area contributed by atoms with Crippen molar-refractivity contribution in [1.82, 2.24) is 10.2 Å². The number of rotatable bonds is 5. The topological polar surface area (TPSA) is 75.7 Å². The molecule has 25 heavy (non-hydrogen) atoms. The first-order chi connectivity index (χ1) is 11.8. The zero-order valence-corrected chi connectivity index (χ0v) is 16.2. The van der Waals surface area contributed by atoms with Crippen LogP contribution in [-0.4, -0.2) is 48.4 Å². The van der Waals surface area contributed by atoms with Gasteiger partial charge in [0.15, 0.2) is 0 Å². The number of methoxy groups -OCH3 is 1. The number of esters is 1. The fourth-order valence-electron chi connectivity index (χ4n) is 2.93. The van der Waals surface area contributed by atoms with Gasteiger partial charge in [-0.15, -0.1) is 0 Å². The summed E-state index contributed by atoms with van der Waals surface area (Å²) in [7, 11) is 1.32. The summed E-state index contributed by atoms with van der Waals surface area (Å²) in [6.07, 6.45) is 1.33. The number of hydrogen-bond donors (Lipinski definition) is 1. The second-order valence-corrected chi connectivity index (χ2v) is 7.33. The summed E-state index contributed by atoms with van der Waals surface area (Å²) in [6, 6.07) is 5.66. The van der Waals surface area contributed by atoms with E-state index in [9.17, 15) is 14.4 Å². The van der Waals surface area contributed by atoms with E-state index in [4.69, 9.17) is 4.74 Å². The van der Waals surface area contributed by atoms with Crippen molar-refractivity contribution in [2.75, 3.05) is 13.7 Å². The van der Waals surface area contributed by atoms with Gasteiger partial charge in [0.2, 0.25) is 5.91 Å². The van der Waals surface area contributed by atoms with Crippen LogP contribution >= 0.6 is 15.9 Å². The molecule has 1 heterocycles. The highest BCUT2D eigenvalue weighted by Crippen LogP contribution is 2.21. The number of nitrogens with one attached hydrogen (secondary N) is 1. The van der Waals surface area contributed by atoms with Gasteiger partial charge in [-0.25, -0.2) is 4.79 Å². The van der Waals surface area contributed by atoms with Crippen LogP contribution in [0.4, 0.5) is 0 Å². The molecule has 1 fully saturated rings. The van der Waals surface area contributed by atoms with Gasteiger partial charge < -0.3 is 15.0 Å². The normalized spacial score (nSPS) is 18.1. The van der Waals surface area contributed by atoms with Gasteiger partial charge in [-0.05, 0) is 43.0 Å². The van der Waals surface area contributed by atoms with Crippen molar-refractivity contribution < 1.29 is 19.1 Å². The molecule has 0 saturated carbocycles. The molecule has 7 heteroatoms. The van der Waals surface area contributed by atoms with E-state index in [1.54, 1.807) is 24.3 Å². The largest absolute Gasteiger partial charge is 0.467 e. The molecule has 0 radical (unpaired) electrons. The molecule has 1 N–H and O–H groups in total. The standard InChI is InChI=1S/C18H23BrN2O4/c1-11(2)15(20-16(22)12-6-8-13(19)9-7-12)17(23)21-10-4-5-14(21)18(24)25-3/h6-9,11,14-15H,4-5,10H2,1-3H3,(H,20,22)/t14-,15?/m0/s1. The molecule has 1 aromatic rings. The Bertz CT molecular complexity index is 645. The number of benzene rings is 1. The van der Waals surface area contributed by atoms with Crippen molar-refractivity contribution in [3.05, 3.63) is 34.3 Å². The average molecular weight is 411 g/mol. The van der Waals surface area contributed by atoms with Crippen LogP contribution in [0, 0.1) is 5.92 Å². The lowest BCUT2D eigenvalue weighted by Crippen LogP contribution is -2.53. The molecule has 1 aromatic carbocycles. The molecule has 0 bridgehead atoms. The van der Waals surface area contributed by atoms with Gasteiger partial charge in [-0.1, -0.05) is 29.8 Å². The molecule has 0 spiro atoms. The number of halogens is 1. The molecular weight excluding hydrogens is 388 g/mol. The number of ether oxygens (including phenoxy) is 1. The number of nitrogens with zero attached hydrogens (tertiary/aromatic N) is 1. The molecule has 6 nitrogen and oxygen atoms in total. The third-order valence-electron chi connectivity index (χ3n) is 4.33. The predicted molar refractivity (Wildman–Crippen MR) is 97.0 cm³/mol. The van der Waals surface area contributed by atoms with Crippen LogP contribution in [0.15, 0.2) is 28.7 Å². The summed E-state index contributed by atoms with van der Waals surface area (Å²) in [6.45, 7) is 4.23. The Hall–Kier alpha value is -1.89. The van der Waals surface area contributed by atoms with E-state index in [-0.39, 0.29) is 17.7 Å². The number of amides is 2. The van der Waals surface area contributed by atoms with E-state index in [1.165, 1.54) is 12.0 Å². The fraction of sp³-hybridized carbons (Fsp3) is 0.500. The fourth-order valence-corrected chi connectivity index (χ4v) is 3.19. The highest BCUT2D eigenvalue weighted by atomic mass is 79.9. The zero-order valence-electron chi connectivity index (χ0n) is 14.6. The number of carbonyl (C=O) groups excluding carboxylic acids is 3. The summed E-state index contributed by atoms with van der Waals surface area (Å²) >= 11 is 3.33.